The van der Waals surface area contributed by atoms with Crippen LogP contribution in [-0.2, 0) is 4.84 Å². The molecule has 1 aromatic rings. The Bertz CT molecular complexity index is 448. The van der Waals surface area contributed by atoms with E-state index >= 15 is 0 Å². The summed E-state index contributed by atoms with van der Waals surface area (Å²) in [6, 6.07) is 4.42. The Labute approximate surface area is 107 Å². The van der Waals surface area contributed by atoms with E-state index in [2.05, 4.69) is 4.84 Å². The van der Waals surface area contributed by atoms with Crippen LogP contribution in [0.2, 0.25) is 0 Å². The molecule has 5 nitrogen and oxygen atoms in total. The lowest BCUT2D eigenvalue weighted by molar-refractivity contribution is -0.184. The molecule has 0 spiro atoms. The molecular formula is C11H12F3NO4. The molecule has 0 fully saturated rings. The Balaban J connectivity index is 2.77. The fourth-order valence-corrected chi connectivity index (χ4v) is 1.30. The van der Waals surface area contributed by atoms with Crippen molar-refractivity contribution in [3.05, 3.63) is 23.8 Å². The molecule has 0 saturated heterocycles. The van der Waals surface area contributed by atoms with E-state index in [1.807, 2.05) is 0 Å². The first-order chi connectivity index (χ1) is 8.89. The molecule has 0 aliphatic rings. The highest BCUT2D eigenvalue weighted by Gasteiger charge is 2.28. The number of amides is 1. The van der Waals surface area contributed by atoms with Crippen molar-refractivity contribution in [1.29, 1.82) is 0 Å². The van der Waals surface area contributed by atoms with Gasteiger partial charge in [0.05, 0.1) is 19.8 Å². The van der Waals surface area contributed by atoms with E-state index in [1.165, 1.54) is 26.4 Å². The minimum absolute atomic E-state index is 0.00373. The Morgan fingerprint density at radius 2 is 1.95 bits per heavy atom. The van der Waals surface area contributed by atoms with E-state index in [0.29, 0.717) is 0 Å². The van der Waals surface area contributed by atoms with Gasteiger partial charge < -0.3 is 9.47 Å². The third-order valence-electron chi connectivity index (χ3n) is 2.05. The number of para-hydroxylation sites is 1. The summed E-state index contributed by atoms with van der Waals surface area (Å²) in [5.74, 6) is -0.468. The molecule has 106 valence electrons. The fraction of sp³-hybridized carbons (Fsp3) is 0.364. The van der Waals surface area contributed by atoms with Crippen LogP contribution in [0.25, 0.3) is 0 Å². The van der Waals surface area contributed by atoms with Crippen molar-refractivity contribution in [2.75, 3.05) is 20.8 Å². The number of carbonyl (C=O) groups is 1. The van der Waals surface area contributed by atoms with Crippen LogP contribution in [0.1, 0.15) is 10.4 Å². The molecule has 0 unspecified atom stereocenters. The van der Waals surface area contributed by atoms with Gasteiger partial charge in [-0.25, -0.2) is 5.48 Å². The number of carbonyl (C=O) groups excluding carboxylic acids is 1. The van der Waals surface area contributed by atoms with Crippen molar-refractivity contribution in [3.63, 3.8) is 0 Å². The van der Waals surface area contributed by atoms with Crippen LogP contribution < -0.4 is 15.0 Å². The van der Waals surface area contributed by atoms with E-state index < -0.39 is 18.7 Å². The number of ether oxygens (including phenoxy) is 2. The van der Waals surface area contributed by atoms with Crippen molar-refractivity contribution in [3.8, 4) is 11.5 Å². The molecule has 0 aliphatic heterocycles. The van der Waals surface area contributed by atoms with Gasteiger partial charge in [0.25, 0.3) is 5.91 Å². The maximum atomic E-state index is 11.9. The molecular weight excluding hydrogens is 267 g/mol. The van der Waals surface area contributed by atoms with Crippen molar-refractivity contribution in [1.82, 2.24) is 5.48 Å². The molecule has 1 aromatic carbocycles. The third kappa shape index (κ3) is 4.32. The highest BCUT2D eigenvalue weighted by Crippen LogP contribution is 2.30. The van der Waals surface area contributed by atoms with Crippen molar-refractivity contribution in [2.24, 2.45) is 0 Å². The maximum Gasteiger partial charge on any atom is 0.414 e. The van der Waals surface area contributed by atoms with Crippen LogP contribution in [0.4, 0.5) is 13.2 Å². The molecule has 0 aromatic heterocycles. The Kier molecular flexibility index (Phi) is 4.99. The normalized spacial score (nSPS) is 11.0. The largest absolute Gasteiger partial charge is 0.493 e. The lowest BCUT2D eigenvalue weighted by Crippen LogP contribution is -2.29. The first-order valence-corrected chi connectivity index (χ1v) is 5.09. The molecule has 0 saturated carbocycles. The van der Waals surface area contributed by atoms with Gasteiger partial charge in [-0.2, -0.15) is 13.2 Å². The molecule has 1 amide bonds. The molecule has 0 aliphatic carbocycles. The molecule has 0 heterocycles. The number of rotatable bonds is 5. The maximum absolute atomic E-state index is 11.9. The topological polar surface area (TPSA) is 56.8 Å². The van der Waals surface area contributed by atoms with E-state index in [9.17, 15) is 18.0 Å². The van der Waals surface area contributed by atoms with Crippen LogP contribution >= 0.6 is 0 Å². The minimum atomic E-state index is -4.52. The predicted molar refractivity (Wildman–Crippen MR) is 59.0 cm³/mol. The number of hydrogen-bond donors (Lipinski definition) is 1. The number of benzene rings is 1. The lowest BCUT2D eigenvalue weighted by atomic mass is 10.2. The summed E-state index contributed by atoms with van der Waals surface area (Å²) in [5, 5.41) is 0. The average molecular weight is 279 g/mol. The fourth-order valence-electron chi connectivity index (χ4n) is 1.30. The molecule has 19 heavy (non-hydrogen) atoms. The monoisotopic (exact) mass is 279 g/mol. The molecule has 0 radical (unpaired) electrons. The van der Waals surface area contributed by atoms with Crippen molar-refractivity contribution >= 4 is 5.91 Å². The summed E-state index contributed by atoms with van der Waals surface area (Å²) >= 11 is 0. The number of hydrogen-bond acceptors (Lipinski definition) is 4. The Morgan fingerprint density at radius 3 is 2.47 bits per heavy atom. The quantitative estimate of drug-likeness (QED) is 0.837. The summed E-state index contributed by atoms with van der Waals surface area (Å²) in [6.07, 6.45) is -4.52. The zero-order chi connectivity index (χ0) is 14.5. The van der Waals surface area contributed by atoms with E-state index in [1.54, 1.807) is 11.5 Å². The van der Waals surface area contributed by atoms with Crippen LogP contribution in [0.5, 0.6) is 11.5 Å². The van der Waals surface area contributed by atoms with Crippen LogP contribution in [0.15, 0.2) is 18.2 Å². The number of methoxy groups -OCH3 is 2. The Hall–Kier alpha value is -1.96. The lowest BCUT2D eigenvalue weighted by Gasteiger charge is -2.13. The summed E-state index contributed by atoms with van der Waals surface area (Å²) < 4.78 is 45.5. The van der Waals surface area contributed by atoms with Gasteiger partial charge in [-0.05, 0) is 12.1 Å². The smallest absolute Gasteiger partial charge is 0.414 e. The highest BCUT2D eigenvalue weighted by molar-refractivity contribution is 5.97. The molecule has 1 N–H and O–H groups in total. The van der Waals surface area contributed by atoms with E-state index in [0.717, 1.165) is 0 Å². The van der Waals surface area contributed by atoms with Gasteiger partial charge in [0.1, 0.15) is 0 Å². The molecule has 0 bridgehead atoms. The zero-order valence-electron chi connectivity index (χ0n) is 10.2. The first-order valence-electron chi connectivity index (χ1n) is 5.09. The summed E-state index contributed by atoms with van der Waals surface area (Å²) in [5.41, 5.74) is 1.69. The van der Waals surface area contributed by atoms with Crippen LogP contribution in [-0.4, -0.2) is 32.9 Å². The van der Waals surface area contributed by atoms with Crippen molar-refractivity contribution in [2.45, 2.75) is 6.18 Å². The summed E-state index contributed by atoms with van der Waals surface area (Å²) in [7, 11) is 2.69. The number of alkyl halides is 3. The predicted octanol–water partition coefficient (Wildman–Crippen LogP) is 1.93. The third-order valence-corrected chi connectivity index (χ3v) is 2.05. The van der Waals surface area contributed by atoms with Gasteiger partial charge in [-0.1, -0.05) is 6.07 Å². The Morgan fingerprint density at radius 1 is 1.26 bits per heavy atom. The van der Waals surface area contributed by atoms with Gasteiger partial charge >= 0.3 is 6.18 Å². The molecule has 1 rings (SSSR count). The second kappa shape index (κ2) is 6.28. The van der Waals surface area contributed by atoms with Crippen LogP contribution in [0.3, 0.4) is 0 Å². The van der Waals surface area contributed by atoms with E-state index in [-0.39, 0.29) is 17.1 Å². The van der Waals surface area contributed by atoms with Crippen LogP contribution in [0, 0.1) is 0 Å². The standard InChI is InChI=1S/C11H12F3NO4/c1-17-8-5-3-4-7(9(8)18-2)10(16)15-19-6-11(12,13)14/h3-5H,6H2,1-2H3,(H,15,16). The zero-order valence-corrected chi connectivity index (χ0v) is 10.2. The SMILES string of the molecule is COc1cccc(C(=O)NOCC(F)(F)F)c1OC. The molecule has 8 heteroatoms. The second-order valence-corrected chi connectivity index (χ2v) is 3.38. The number of halogens is 3. The number of nitrogens with one attached hydrogen (secondary N) is 1. The van der Waals surface area contributed by atoms with Gasteiger partial charge in [-0.3, -0.25) is 9.63 Å². The second-order valence-electron chi connectivity index (χ2n) is 3.38. The van der Waals surface area contributed by atoms with Crippen molar-refractivity contribution < 1.29 is 32.3 Å². The first kappa shape index (κ1) is 15.1. The van der Waals surface area contributed by atoms with Gasteiger partial charge in [0.2, 0.25) is 0 Å². The van der Waals surface area contributed by atoms with Gasteiger partial charge in [0.15, 0.2) is 18.1 Å². The summed E-state index contributed by atoms with van der Waals surface area (Å²) in [6.45, 7) is -1.58. The van der Waals surface area contributed by atoms with Gasteiger partial charge in [0, 0.05) is 0 Å². The minimum Gasteiger partial charge on any atom is -0.493 e. The molecule has 0 atom stereocenters. The summed E-state index contributed by atoms with van der Waals surface area (Å²) in [4.78, 5) is 15.7. The number of hydroxylamine groups is 1. The average Bonchev–Trinajstić information content (AvgIpc) is 2.35. The van der Waals surface area contributed by atoms with E-state index in [4.69, 9.17) is 9.47 Å². The van der Waals surface area contributed by atoms with Gasteiger partial charge in [-0.15, -0.1) is 0 Å². The highest BCUT2D eigenvalue weighted by atomic mass is 19.4.